The first kappa shape index (κ1) is 9.94. The molecular formula is C11H13ClFN. The predicted molar refractivity (Wildman–Crippen MR) is 56.1 cm³/mol. The van der Waals surface area contributed by atoms with E-state index in [1.807, 2.05) is 0 Å². The normalized spacial score (nSPS) is 21.5. The molecule has 0 aromatic heterocycles. The summed E-state index contributed by atoms with van der Waals surface area (Å²) in [5, 5.41) is 3.89. The maximum atomic E-state index is 13.7. The van der Waals surface area contributed by atoms with E-state index < -0.39 is 0 Å². The SMILES string of the molecule is Cc1cc(Cl)cc(C2CCCN2)c1F. The van der Waals surface area contributed by atoms with Crippen molar-refractivity contribution in [1.82, 2.24) is 5.32 Å². The molecule has 1 aromatic rings. The number of aryl methyl sites for hydroxylation is 1. The van der Waals surface area contributed by atoms with Crippen molar-refractivity contribution in [3.8, 4) is 0 Å². The van der Waals surface area contributed by atoms with Gasteiger partial charge in [-0.3, -0.25) is 0 Å². The molecule has 1 unspecified atom stereocenters. The van der Waals surface area contributed by atoms with Gasteiger partial charge in [0.25, 0.3) is 0 Å². The Morgan fingerprint density at radius 1 is 1.50 bits per heavy atom. The molecule has 1 N–H and O–H groups in total. The lowest BCUT2D eigenvalue weighted by molar-refractivity contribution is 0.553. The summed E-state index contributed by atoms with van der Waals surface area (Å²) in [5.74, 6) is -0.117. The van der Waals surface area contributed by atoms with Gasteiger partial charge in [-0.05, 0) is 44.0 Å². The van der Waals surface area contributed by atoms with E-state index in [1.54, 1.807) is 19.1 Å². The molecule has 0 bridgehead atoms. The molecule has 1 aliphatic rings. The average molecular weight is 214 g/mol. The summed E-state index contributed by atoms with van der Waals surface area (Å²) in [6, 6.07) is 3.54. The number of hydrogen-bond acceptors (Lipinski definition) is 1. The topological polar surface area (TPSA) is 12.0 Å². The van der Waals surface area contributed by atoms with Crippen molar-refractivity contribution in [3.63, 3.8) is 0 Å². The summed E-state index contributed by atoms with van der Waals surface area (Å²) in [4.78, 5) is 0. The van der Waals surface area contributed by atoms with E-state index in [4.69, 9.17) is 11.6 Å². The number of hydrogen-bond donors (Lipinski definition) is 1. The summed E-state index contributed by atoms with van der Waals surface area (Å²) < 4.78 is 13.7. The Bertz CT molecular complexity index is 345. The molecule has 0 spiro atoms. The minimum atomic E-state index is -0.117. The molecule has 0 radical (unpaired) electrons. The van der Waals surface area contributed by atoms with Crippen LogP contribution in [0.4, 0.5) is 4.39 Å². The Kier molecular flexibility index (Phi) is 2.75. The van der Waals surface area contributed by atoms with Gasteiger partial charge >= 0.3 is 0 Å². The molecule has 1 aromatic carbocycles. The van der Waals surface area contributed by atoms with Crippen LogP contribution >= 0.6 is 11.6 Å². The molecule has 0 amide bonds. The lowest BCUT2D eigenvalue weighted by Crippen LogP contribution is -2.14. The van der Waals surface area contributed by atoms with Crippen LogP contribution in [0.2, 0.25) is 5.02 Å². The van der Waals surface area contributed by atoms with Crippen molar-refractivity contribution < 1.29 is 4.39 Å². The zero-order chi connectivity index (χ0) is 10.1. The molecule has 76 valence electrons. The molecule has 14 heavy (non-hydrogen) atoms. The van der Waals surface area contributed by atoms with Crippen molar-refractivity contribution in [2.45, 2.75) is 25.8 Å². The Balaban J connectivity index is 2.40. The van der Waals surface area contributed by atoms with Crippen LogP contribution in [-0.2, 0) is 0 Å². The van der Waals surface area contributed by atoms with Gasteiger partial charge in [-0.2, -0.15) is 0 Å². The molecule has 2 rings (SSSR count). The Labute approximate surface area is 88.3 Å². The van der Waals surface area contributed by atoms with Gasteiger partial charge in [-0.1, -0.05) is 11.6 Å². The summed E-state index contributed by atoms with van der Waals surface area (Å²) in [5.41, 5.74) is 1.34. The van der Waals surface area contributed by atoms with E-state index in [1.165, 1.54) is 0 Å². The molecule has 1 atom stereocenters. The fourth-order valence-corrected chi connectivity index (χ4v) is 2.24. The fourth-order valence-electron chi connectivity index (χ4n) is 1.96. The monoisotopic (exact) mass is 213 g/mol. The molecule has 0 saturated carbocycles. The van der Waals surface area contributed by atoms with Gasteiger partial charge in [0, 0.05) is 16.6 Å². The quantitative estimate of drug-likeness (QED) is 0.756. The fraction of sp³-hybridized carbons (Fsp3) is 0.455. The second-order valence-corrected chi connectivity index (χ2v) is 4.21. The molecular weight excluding hydrogens is 201 g/mol. The maximum Gasteiger partial charge on any atom is 0.130 e. The van der Waals surface area contributed by atoms with E-state index >= 15 is 0 Å². The Morgan fingerprint density at radius 3 is 2.93 bits per heavy atom. The van der Waals surface area contributed by atoms with Gasteiger partial charge in [0.1, 0.15) is 5.82 Å². The third-order valence-electron chi connectivity index (χ3n) is 2.68. The van der Waals surface area contributed by atoms with Gasteiger partial charge in [0.2, 0.25) is 0 Å². The van der Waals surface area contributed by atoms with Crippen LogP contribution in [0.1, 0.15) is 30.0 Å². The molecule has 1 aliphatic heterocycles. The third kappa shape index (κ3) is 1.77. The first-order chi connectivity index (χ1) is 6.68. The summed E-state index contributed by atoms with van der Waals surface area (Å²) in [6.07, 6.45) is 2.10. The van der Waals surface area contributed by atoms with Crippen molar-refractivity contribution >= 4 is 11.6 Å². The van der Waals surface area contributed by atoms with Crippen molar-refractivity contribution in [1.29, 1.82) is 0 Å². The predicted octanol–water partition coefficient (Wildman–Crippen LogP) is 3.21. The Morgan fingerprint density at radius 2 is 2.29 bits per heavy atom. The average Bonchev–Trinajstić information content (AvgIpc) is 2.63. The first-order valence-electron chi connectivity index (χ1n) is 4.87. The highest BCUT2D eigenvalue weighted by Gasteiger charge is 2.20. The lowest BCUT2D eigenvalue weighted by Gasteiger charge is -2.13. The molecule has 0 aliphatic carbocycles. The maximum absolute atomic E-state index is 13.7. The number of rotatable bonds is 1. The van der Waals surface area contributed by atoms with Crippen LogP contribution < -0.4 is 5.32 Å². The second kappa shape index (κ2) is 3.87. The van der Waals surface area contributed by atoms with Crippen LogP contribution in [0, 0.1) is 12.7 Å². The van der Waals surface area contributed by atoms with E-state index in [9.17, 15) is 4.39 Å². The summed E-state index contributed by atoms with van der Waals surface area (Å²) >= 11 is 5.91. The highest BCUT2D eigenvalue weighted by Crippen LogP contribution is 2.29. The van der Waals surface area contributed by atoms with Crippen molar-refractivity contribution in [3.05, 3.63) is 34.1 Å². The molecule has 1 nitrogen and oxygen atoms in total. The minimum absolute atomic E-state index is 0.117. The van der Waals surface area contributed by atoms with Crippen LogP contribution in [0.25, 0.3) is 0 Å². The van der Waals surface area contributed by atoms with Gasteiger partial charge in [-0.15, -0.1) is 0 Å². The summed E-state index contributed by atoms with van der Waals surface area (Å²) in [6.45, 7) is 2.72. The van der Waals surface area contributed by atoms with Crippen LogP contribution in [0.3, 0.4) is 0 Å². The largest absolute Gasteiger partial charge is 0.310 e. The first-order valence-corrected chi connectivity index (χ1v) is 5.25. The summed E-state index contributed by atoms with van der Waals surface area (Å²) in [7, 11) is 0. The third-order valence-corrected chi connectivity index (χ3v) is 2.90. The molecule has 1 heterocycles. The zero-order valence-corrected chi connectivity index (χ0v) is 8.87. The highest BCUT2D eigenvalue weighted by atomic mass is 35.5. The number of benzene rings is 1. The highest BCUT2D eigenvalue weighted by molar-refractivity contribution is 6.30. The van der Waals surface area contributed by atoms with Crippen LogP contribution in [0.15, 0.2) is 12.1 Å². The van der Waals surface area contributed by atoms with E-state index in [0.717, 1.165) is 19.4 Å². The van der Waals surface area contributed by atoms with Crippen molar-refractivity contribution in [2.24, 2.45) is 0 Å². The van der Waals surface area contributed by atoms with Crippen LogP contribution in [-0.4, -0.2) is 6.54 Å². The molecule has 1 saturated heterocycles. The van der Waals surface area contributed by atoms with Gasteiger partial charge < -0.3 is 5.32 Å². The smallest absolute Gasteiger partial charge is 0.130 e. The second-order valence-electron chi connectivity index (χ2n) is 3.77. The zero-order valence-electron chi connectivity index (χ0n) is 8.11. The van der Waals surface area contributed by atoms with Gasteiger partial charge in [0.15, 0.2) is 0 Å². The van der Waals surface area contributed by atoms with Crippen molar-refractivity contribution in [2.75, 3.05) is 6.54 Å². The number of nitrogens with one attached hydrogen (secondary N) is 1. The molecule has 3 heteroatoms. The molecule has 1 fully saturated rings. The lowest BCUT2D eigenvalue weighted by atomic mass is 10.0. The minimum Gasteiger partial charge on any atom is -0.310 e. The number of halogens is 2. The van der Waals surface area contributed by atoms with Gasteiger partial charge in [-0.25, -0.2) is 4.39 Å². The standard InChI is InChI=1S/C11H13ClFN/c1-7-5-8(12)6-9(11(7)13)10-3-2-4-14-10/h5-6,10,14H,2-4H2,1H3. The van der Waals surface area contributed by atoms with E-state index in [-0.39, 0.29) is 11.9 Å². The van der Waals surface area contributed by atoms with Crippen LogP contribution in [0.5, 0.6) is 0 Å². The van der Waals surface area contributed by atoms with E-state index in [2.05, 4.69) is 5.32 Å². The Hall–Kier alpha value is -0.600. The van der Waals surface area contributed by atoms with Gasteiger partial charge in [0.05, 0.1) is 0 Å². The van der Waals surface area contributed by atoms with E-state index in [0.29, 0.717) is 16.1 Å².